The normalized spacial score (nSPS) is 11.9. The quantitative estimate of drug-likeness (QED) is 0.320. The van der Waals surface area contributed by atoms with E-state index in [4.69, 9.17) is 24.4 Å². The van der Waals surface area contributed by atoms with Gasteiger partial charge in [-0.1, -0.05) is 27.7 Å². The number of hydrogen-bond donors (Lipinski definition) is 2. The van der Waals surface area contributed by atoms with Gasteiger partial charge in [-0.15, -0.1) is 0 Å². The zero-order valence-corrected chi connectivity index (χ0v) is 13.1. The summed E-state index contributed by atoms with van der Waals surface area (Å²) < 4.78 is 15.3. The molecule has 0 aliphatic carbocycles. The van der Waals surface area contributed by atoms with Gasteiger partial charge < -0.3 is 24.4 Å². The van der Waals surface area contributed by atoms with Crippen LogP contribution in [0.3, 0.4) is 0 Å². The Kier molecular flexibility index (Phi) is 12.4. The third-order valence-electron chi connectivity index (χ3n) is 1.94. The molecule has 0 saturated carbocycles. The Morgan fingerprint density at radius 2 is 1.75 bits per heavy atom. The summed E-state index contributed by atoms with van der Waals surface area (Å²) in [5.41, 5.74) is -0.282. The van der Waals surface area contributed by atoms with Crippen molar-refractivity contribution in [3.8, 4) is 0 Å². The monoisotopic (exact) mass is 292 g/mol. The van der Waals surface area contributed by atoms with Gasteiger partial charge in [0.05, 0.1) is 19.8 Å². The zero-order chi connectivity index (χ0) is 16.2. The lowest BCUT2D eigenvalue weighted by Crippen LogP contribution is -2.33. The summed E-state index contributed by atoms with van der Waals surface area (Å²) in [4.78, 5) is 11.5. The number of rotatable bonds is 7. The highest BCUT2D eigenvalue weighted by atomic mass is 16.7. The standard InChI is InChI=1S/C12H22O4.C2H6O2/c1-7-8-15-9(2)10(13)16-11(14-6)12(3,4)5;3-1-2-4/h11H,2,7-8H2,1,3-6H3;3-4H,1-2H2. The van der Waals surface area contributed by atoms with Crippen LogP contribution in [0.4, 0.5) is 0 Å². The molecule has 2 N–H and O–H groups in total. The second kappa shape index (κ2) is 11.7. The summed E-state index contributed by atoms with van der Waals surface area (Å²) >= 11 is 0. The van der Waals surface area contributed by atoms with Crippen LogP contribution in [0.2, 0.25) is 0 Å². The average molecular weight is 292 g/mol. The molecule has 0 fully saturated rings. The van der Waals surface area contributed by atoms with Crippen LogP contribution in [0.25, 0.3) is 0 Å². The summed E-state index contributed by atoms with van der Waals surface area (Å²) in [5, 5.41) is 15.2. The van der Waals surface area contributed by atoms with Crippen molar-refractivity contribution in [2.24, 2.45) is 5.41 Å². The first-order valence-corrected chi connectivity index (χ1v) is 6.51. The molecule has 120 valence electrons. The minimum Gasteiger partial charge on any atom is -0.487 e. The summed E-state index contributed by atoms with van der Waals surface area (Å²) in [6.07, 6.45) is 0.209. The van der Waals surface area contributed by atoms with Gasteiger partial charge in [0.2, 0.25) is 6.29 Å². The van der Waals surface area contributed by atoms with E-state index in [-0.39, 0.29) is 24.4 Å². The predicted molar refractivity (Wildman–Crippen MR) is 75.9 cm³/mol. The van der Waals surface area contributed by atoms with Crippen LogP contribution in [0.5, 0.6) is 0 Å². The van der Waals surface area contributed by atoms with Crippen molar-refractivity contribution in [3.63, 3.8) is 0 Å². The first-order valence-electron chi connectivity index (χ1n) is 6.51. The molecule has 0 spiro atoms. The molecule has 0 aromatic carbocycles. The lowest BCUT2D eigenvalue weighted by atomic mass is 9.96. The van der Waals surface area contributed by atoms with Crippen LogP contribution in [-0.2, 0) is 19.0 Å². The van der Waals surface area contributed by atoms with E-state index in [2.05, 4.69) is 6.58 Å². The van der Waals surface area contributed by atoms with E-state index in [1.54, 1.807) is 0 Å². The van der Waals surface area contributed by atoms with E-state index in [0.29, 0.717) is 6.61 Å². The molecule has 0 aliphatic heterocycles. The van der Waals surface area contributed by atoms with E-state index in [0.717, 1.165) is 6.42 Å². The maximum atomic E-state index is 11.5. The summed E-state index contributed by atoms with van der Waals surface area (Å²) in [7, 11) is 1.50. The Morgan fingerprint density at radius 3 is 2.05 bits per heavy atom. The SMILES string of the molecule is C=C(OCCC)C(=O)OC(OC)C(C)(C)C.OCCO. The van der Waals surface area contributed by atoms with E-state index in [1.807, 2.05) is 27.7 Å². The minimum atomic E-state index is -0.609. The lowest BCUT2D eigenvalue weighted by molar-refractivity contribution is -0.194. The summed E-state index contributed by atoms with van der Waals surface area (Å²) in [6.45, 7) is 11.4. The van der Waals surface area contributed by atoms with Gasteiger partial charge >= 0.3 is 5.97 Å². The van der Waals surface area contributed by atoms with Gasteiger partial charge in [0.15, 0.2) is 5.76 Å². The molecule has 0 aromatic heterocycles. The molecule has 0 aliphatic rings. The Bertz CT molecular complexity index is 267. The largest absolute Gasteiger partial charge is 0.487 e. The average Bonchev–Trinajstić information content (AvgIpc) is 2.40. The highest BCUT2D eigenvalue weighted by Crippen LogP contribution is 2.23. The minimum absolute atomic E-state index is 0.0214. The van der Waals surface area contributed by atoms with Crippen molar-refractivity contribution < 1.29 is 29.2 Å². The Morgan fingerprint density at radius 1 is 1.25 bits per heavy atom. The fourth-order valence-corrected chi connectivity index (χ4v) is 1.03. The molecule has 6 nitrogen and oxygen atoms in total. The third-order valence-corrected chi connectivity index (χ3v) is 1.94. The maximum Gasteiger partial charge on any atom is 0.375 e. The van der Waals surface area contributed by atoms with Gasteiger partial charge in [-0.25, -0.2) is 4.79 Å². The summed E-state index contributed by atoms with van der Waals surface area (Å²) in [6, 6.07) is 0. The van der Waals surface area contributed by atoms with Crippen LogP contribution in [0, 0.1) is 5.41 Å². The number of carbonyl (C=O) groups excluding carboxylic acids is 1. The zero-order valence-electron chi connectivity index (χ0n) is 13.1. The van der Waals surface area contributed by atoms with Gasteiger partial charge in [-0.2, -0.15) is 0 Å². The fourth-order valence-electron chi connectivity index (χ4n) is 1.03. The van der Waals surface area contributed by atoms with Crippen molar-refractivity contribution in [1.82, 2.24) is 0 Å². The van der Waals surface area contributed by atoms with Gasteiger partial charge in [-0.05, 0) is 13.0 Å². The third kappa shape index (κ3) is 10.8. The fraction of sp³-hybridized carbons (Fsp3) is 0.786. The van der Waals surface area contributed by atoms with Crippen molar-refractivity contribution in [2.75, 3.05) is 26.9 Å². The molecule has 0 bridgehead atoms. The topological polar surface area (TPSA) is 85.2 Å². The van der Waals surface area contributed by atoms with Crippen molar-refractivity contribution in [3.05, 3.63) is 12.3 Å². The van der Waals surface area contributed by atoms with E-state index < -0.39 is 12.3 Å². The van der Waals surface area contributed by atoms with Crippen molar-refractivity contribution in [1.29, 1.82) is 0 Å². The summed E-state index contributed by atoms with van der Waals surface area (Å²) in [5.74, 6) is -0.552. The van der Waals surface area contributed by atoms with E-state index >= 15 is 0 Å². The van der Waals surface area contributed by atoms with Gasteiger partial charge in [0.25, 0.3) is 0 Å². The molecule has 0 rings (SSSR count). The smallest absolute Gasteiger partial charge is 0.375 e. The first kappa shape index (κ1) is 21.2. The molecule has 0 aromatic rings. The molecule has 0 radical (unpaired) electrons. The molecule has 0 heterocycles. The van der Waals surface area contributed by atoms with Gasteiger partial charge in [0.1, 0.15) is 0 Å². The van der Waals surface area contributed by atoms with Gasteiger partial charge in [-0.3, -0.25) is 0 Å². The number of hydrogen-bond acceptors (Lipinski definition) is 6. The van der Waals surface area contributed by atoms with Crippen LogP contribution in [-0.4, -0.2) is 49.4 Å². The van der Waals surface area contributed by atoms with Crippen molar-refractivity contribution in [2.45, 2.75) is 40.4 Å². The molecule has 1 unspecified atom stereocenters. The maximum absolute atomic E-state index is 11.5. The molecule has 6 heteroatoms. The predicted octanol–water partition coefficient (Wildman–Crippen LogP) is 1.46. The van der Waals surface area contributed by atoms with Crippen LogP contribution < -0.4 is 0 Å². The molecule has 20 heavy (non-hydrogen) atoms. The molecular weight excluding hydrogens is 264 g/mol. The Hall–Kier alpha value is -1.11. The van der Waals surface area contributed by atoms with Crippen molar-refractivity contribution >= 4 is 5.97 Å². The van der Waals surface area contributed by atoms with Crippen LogP contribution in [0.15, 0.2) is 12.3 Å². The number of carbonyl (C=O) groups is 1. The van der Waals surface area contributed by atoms with E-state index in [9.17, 15) is 4.79 Å². The number of aliphatic hydroxyl groups is 2. The first-order chi connectivity index (χ1) is 9.24. The Labute approximate surface area is 121 Å². The number of aliphatic hydroxyl groups excluding tert-OH is 2. The second-order valence-corrected chi connectivity index (χ2v) is 5.06. The van der Waals surface area contributed by atoms with E-state index in [1.165, 1.54) is 7.11 Å². The van der Waals surface area contributed by atoms with Crippen LogP contribution in [0.1, 0.15) is 34.1 Å². The molecule has 1 atom stereocenters. The number of ether oxygens (including phenoxy) is 3. The second-order valence-electron chi connectivity index (χ2n) is 5.06. The van der Waals surface area contributed by atoms with Gasteiger partial charge in [0, 0.05) is 12.5 Å². The number of methoxy groups -OCH3 is 1. The van der Waals surface area contributed by atoms with Crippen LogP contribution >= 0.6 is 0 Å². The highest BCUT2D eigenvalue weighted by Gasteiger charge is 2.29. The molecule has 0 saturated heterocycles. The number of esters is 1. The molecule has 0 amide bonds. The Balaban J connectivity index is 0. The molecular formula is C14H28O6. The highest BCUT2D eigenvalue weighted by molar-refractivity contribution is 5.85. The lowest BCUT2D eigenvalue weighted by Gasteiger charge is -2.28.